The Bertz CT molecular complexity index is 662. The zero-order valence-corrected chi connectivity index (χ0v) is 16.1. The highest BCUT2D eigenvalue weighted by Crippen LogP contribution is 2.33. The number of carbonyl (C=O) groups is 3. The first-order valence-corrected chi connectivity index (χ1v) is 8.25. The van der Waals surface area contributed by atoms with Crippen LogP contribution in [0.3, 0.4) is 0 Å². The summed E-state index contributed by atoms with van der Waals surface area (Å²) in [5, 5.41) is 12.0. The van der Waals surface area contributed by atoms with Gasteiger partial charge in [-0.1, -0.05) is 30.3 Å². The SMILES string of the molecule is CC(C)(C)OC(=O)NC(C)(C(=O)O)C(C)(C)C(=O)OCc1ccccc1. The van der Waals surface area contributed by atoms with E-state index >= 15 is 0 Å². The average Bonchev–Trinajstić information content (AvgIpc) is 2.51. The van der Waals surface area contributed by atoms with Gasteiger partial charge in [0, 0.05) is 0 Å². The number of carboxylic acid groups (broad SMARTS) is 1. The number of alkyl carbamates (subject to hydrolysis) is 1. The van der Waals surface area contributed by atoms with Gasteiger partial charge in [0.2, 0.25) is 0 Å². The van der Waals surface area contributed by atoms with Crippen LogP contribution in [0.25, 0.3) is 0 Å². The molecule has 0 radical (unpaired) electrons. The molecule has 0 aromatic heterocycles. The monoisotopic (exact) mass is 365 g/mol. The van der Waals surface area contributed by atoms with Crippen molar-refractivity contribution >= 4 is 18.0 Å². The van der Waals surface area contributed by atoms with Crippen molar-refractivity contribution in [2.75, 3.05) is 0 Å². The molecular weight excluding hydrogens is 338 g/mol. The molecule has 0 heterocycles. The van der Waals surface area contributed by atoms with Crippen molar-refractivity contribution in [1.82, 2.24) is 5.32 Å². The van der Waals surface area contributed by atoms with Crippen LogP contribution in [0.5, 0.6) is 0 Å². The third-order valence-electron chi connectivity index (χ3n) is 4.15. The van der Waals surface area contributed by atoms with Crippen LogP contribution in [-0.4, -0.2) is 34.3 Å². The summed E-state index contributed by atoms with van der Waals surface area (Å²) in [5.41, 5.74) is -3.51. The lowest BCUT2D eigenvalue weighted by molar-refractivity contribution is -0.168. The number of hydrogen-bond donors (Lipinski definition) is 2. The predicted molar refractivity (Wildman–Crippen MR) is 95.4 cm³/mol. The number of amides is 1. The Morgan fingerprint density at radius 2 is 1.54 bits per heavy atom. The van der Waals surface area contributed by atoms with Gasteiger partial charge in [-0.25, -0.2) is 9.59 Å². The number of carboxylic acids is 1. The van der Waals surface area contributed by atoms with Crippen LogP contribution in [0, 0.1) is 5.41 Å². The van der Waals surface area contributed by atoms with E-state index in [9.17, 15) is 19.5 Å². The summed E-state index contributed by atoms with van der Waals surface area (Å²) in [5.74, 6) is -2.12. The van der Waals surface area contributed by atoms with E-state index in [0.717, 1.165) is 5.56 Å². The van der Waals surface area contributed by atoms with Gasteiger partial charge >= 0.3 is 18.0 Å². The molecule has 0 spiro atoms. The molecule has 0 saturated heterocycles. The van der Waals surface area contributed by atoms with Crippen molar-refractivity contribution in [1.29, 1.82) is 0 Å². The molecule has 1 atom stereocenters. The molecule has 26 heavy (non-hydrogen) atoms. The fourth-order valence-corrected chi connectivity index (χ4v) is 2.09. The third-order valence-corrected chi connectivity index (χ3v) is 4.15. The summed E-state index contributed by atoms with van der Waals surface area (Å²) in [6.45, 7) is 9.05. The minimum atomic E-state index is -1.93. The molecule has 1 rings (SSSR count). The van der Waals surface area contributed by atoms with Crippen LogP contribution in [-0.2, 0) is 25.7 Å². The van der Waals surface area contributed by atoms with Gasteiger partial charge in [0.1, 0.15) is 12.2 Å². The number of rotatable bonds is 6. The molecule has 1 aromatic rings. The van der Waals surface area contributed by atoms with Gasteiger partial charge in [-0.3, -0.25) is 4.79 Å². The Hall–Kier alpha value is -2.57. The third kappa shape index (κ3) is 5.21. The summed E-state index contributed by atoms with van der Waals surface area (Å²) >= 11 is 0. The first-order chi connectivity index (χ1) is 11.8. The quantitative estimate of drug-likeness (QED) is 0.751. The first kappa shape index (κ1) is 21.5. The summed E-state index contributed by atoms with van der Waals surface area (Å²) < 4.78 is 10.4. The van der Waals surface area contributed by atoms with Gasteiger partial charge in [-0.15, -0.1) is 0 Å². The second-order valence-corrected chi connectivity index (χ2v) is 7.74. The van der Waals surface area contributed by atoms with Gasteiger partial charge < -0.3 is 19.9 Å². The second-order valence-electron chi connectivity index (χ2n) is 7.74. The van der Waals surface area contributed by atoms with Gasteiger partial charge in [0.15, 0.2) is 5.54 Å². The van der Waals surface area contributed by atoms with E-state index < -0.39 is 34.6 Å². The topological polar surface area (TPSA) is 102 Å². The molecule has 0 saturated carbocycles. The van der Waals surface area contributed by atoms with Gasteiger partial charge in [0.05, 0.1) is 5.41 Å². The fourth-order valence-electron chi connectivity index (χ4n) is 2.09. The number of benzene rings is 1. The van der Waals surface area contributed by atoms with Crippen molar-refractivity contribution in [2.24, 2.45) is 5.41 Å². The highest BCUT2D eigenvalue weighted by atomic mass is 16.6. The van der Waals surface area contributed by atoms with E-state index in [1.807, 2.05) is 6.07 Å². The molecule has 7 nitrogen and oxygen atoms in total. The zero-order valence-electron chi connectivity index (χ0n) is 16.1. The molecule has 0 fully saturated rings. The zero-order chi connectivity index (χ0) is 20.2. The fraction of sp³-hybridized carbons (Fsp3) is 0.526. The molecule has 7 heteroatoms. The number of ether oxygens (including phenoxy) is 2. The van der Waals surface area contributed by atoms with Crippen LogP contribution >= 0.6 is 0 Å². The lowest BCUT2D eigenvalue weighted by Gasteiger charge is -2.39. The molecule has 0 bridgehead atoms. The Morgan fingerprint density at radius 3 is 2.00 bits per heavy atom. The molecule has 0 aliphatic carbocycles. The number of nitrogens with one attached hydrogen (secondary N) is 1. The van der Waals surface area contributed by atoms with Gasteiger partial charge in [-0.2, -0.15) is 0 Å². The number of esters is 1. The Balaban J connectivity index is 2.95. The number of hydrogen-bond acceptors (Lipinski definition) is 5. The number of aliphatic carboxylic acids is 1. The summed E-state index contributed by atoms with van der Waals surface area (Å²) in [4.78, 5) is 36.5. The maximum absolute atomic E-state index is 12.6. The second kappa shape index (κ2) is 7.76. The van der Waals surface area contributed by atoms with Crippen LogP contribution in [0.15, 0.2) is 30.3 Å². The highest BCUT2D eigenvalue weighted by Gasteiger charge is 2.55. The molecule has 144 valence electrons. The van der Waals surface area contributed by atoms with Gasteiger partial charge in [-0.05, 0) is 47.1 Å². The first-order valence-electron chi connectivity index (χ1n) is 8.25. The normalized spacial score (nSPS) is 14.1. The van der Waals surface area contributed by atoms with Crippen molar-refractivity contribution in [3.8, 4) is 0 Å². The van der Waals surface area contributed by atoms with E-state index in [-0.39, 0.29) is 6.61 Å². The predicted octanol–water partition coefficient (Wildman–Crippen LogP) is 3.12. The van der Waals surface area contributed by atoms with Crippen molar-refractivity contribution < 1.29 is 29.0 Å². The molecule has 0 aliphatic rings. The molecular formula is C19H27NO6. The molecule has 0 aliphatic heterocycles. The summed E-state index contributed by atoms with van der Waals surface area (Å²) in [7, 11) is 0. The highest BCUT2D eigenvalue weighted by molar-refractivity contribution is 5.92. The van der Waals surface area contributed by atoms with Crippen LogP contribution in [0.1, 0.15) is 47.1 Å². The van der Waals surface area contributed by atoms with E-state index in [1.54, 1.807) is 45.0 Å². The summed E-state index contributed by atoms with van der Waals surface area (Å²) in [6, 6.07) is 9.02. The van der Waals surface area contributed by atoms with E-state index in [1.165, 1.54) is 20.8 Å². The largest absolute Gasteiger partial charge is 0.479 e. The van der Waals surface area contributed by atoms with Crippen LogP contribution < -0.4 is 5.32 Å². The minimum absolute atomic E-state index is 0.00520. The Kier molecular flexibility index (Phi) is 6.41. The molecule has 1 unspecified atom stereocenters. The Morgan fingerprint density at radius 1 is 1.00 bits per heavy atom. The lowest BCUT2D eigenvalue weighted by atomic mass is 9.73. The maximum Gasteiger partial charge on any atom is 0.408 e. The molecule has 2 N–H and O–H groups in total. The minimum Gasteiger partial charge on any atom is -0.479 e. The van der Waals surface area contributed by atoms with Gasteiger partial charge in [0.25, 0.3) is 0 Å². The van der Waals surface area contributed by atoms with Crippen molar-refractivity contribution in [3.63, 3.8) is 0 Å². The Labute approximate surface area is 153 Å². The van der Waals surface area contributed by atoms with Crippen LogP contribution in [0.4, 0.5) is 4.79 Å². The molecule has 1 amide bonds. The van der Waals surface area contributed by atoms with E-state index in [4.69, 9.17) is 9.47 Å². The van der Waals surface area contributed by atoms with Crippen molar-refractivity contribution in [2.45, 2.75) is 59.3 Å². The smallest absolute Gasteiger partial charge is 0.408 e. The van der Waals surface area contributed by atoms with Crippen molar-refractivity contribution in [3.05, 3.63) is 35.9 Å². The maximum atomic E-state index is 12.6. The molecule has 1 aromatic carbocycles. The van der Waals surface area contributed by atoms with E-state index in [0.29, 0.717) is 0 Å². The average molecular weight is 365 g/mol. The summed E-state index contributed by atoms with van der Waals surface area (Å²) in [6.07, 6.45) is -0.925. The van der Waals surface area contributed by atoms with E-state index in [2.05, 4.69) is 5.32 Å². The lowest BCUT2D eigenvalue weighted by Crippen LogP contribution is -2.64. The van der Waals surface area contributed by atoms with Crippen LogP contribution in [0.2, 0.25) is 0 Å². The number of carbonyl (C=O) groups excluding carboxylic acids is 2. The standard InChI is InChI=1S/C19H27NO6/c1-17(2,3)26-16(24)20-19(6,14(21)22)18(4,5)15(23)25-12-13-10-8-7-9-11-13/h7-11H,12H2,1-6H3,(H,20,24)(H,21,22).